The van der Waals surface area contributed by atoms with Crippen LogP contribution in [0.5, 0.6) is 0 Å². The monoisotopic (exact) mass is 291 g/mol. The van der Waals surface area contributed by atoms with Crippen molar-refractivity contribution in [1.82, 2.24) is 5.32 Å². The second-order valence-corrected chi connectivity index (χ2v) is 5.02. The van der Waals surface area contributed by atoms with E-state index in [0.717, 1.165) is 25.7 Å². The minimum absolute atomic E-state index is 0.0627. The highest BCUT2D eigenvalue weighted by atomic mass is 19.1. The number of nitrogens with one attached hydrogen (secondary N) is 1. The molecule has 1 unspecified atom stereocenters. The van der Waals surface area contributed by atoms with E-state index >= 15 is 0 Å². The molecule has 0 spiro atoms. The van der Waals surface area contributed by atoms with Crippen molar-refractivity contribution in [1.29, 1.82) is 0 Å². The van der Waals surface area contributed by atoms with Crippen molar-refractivity contribution in [2.75, 3.05) is 6.61 Å². The molecule has 0 radical (unpaired) electrons. The van der Waals surface area contributed by atoms with E-state index in [9.17, 15) is 9.18 Å². The number of rotatable bonds is 6. The van der Waals surface area contributed by atoms with E-state index in [4.69, 9.17) is 5.11 Å². The molecule has 1 amide bonds. The van der Waals surface area contributed by atoms with Crippen molar-refractivity contribution in [2.45, 2.75) is 45.6 Å². The molecule has 0 aliphatic heterocycles. The van der Waals surface area contributed by atoms with Gasteiger partial charge in [-0.2, -0.15) is 0 Å². The van der Waals surface area contributed by atoms with Gasteiger partial charge in [0.25, 0.3) is 5.91 Å². The molecule has 0 saturated heterocycles. The van der Waals surface area contributed by atoms with Gasteiger partial charge in [-0.3, -0.25) is 4.79 Å². The topological polar surface area (TPSA) is 49.3 Å². The molecular formula is C17H22FNO2. The van der Waals surface area contributed by atoms with Crippen LogP contribution in [0.2, 0.25) is 0 Å². The lowest BCUT2D eigenvalue weighted by atomic mass is 10.1. The van der Waals surface area contributed by atoms with E-state index in [1.807, 2.05) is 6.92 Å². The summed E-state index contributed by atoms with van der Waals surface area (Å²) in [7, 11) is 0. The number of aliphatic hydroxyl groups is 1. The summed E-state index contributed by atoms with van der Waals surface area (Å²) in [5, 5.41) is 11.6. The molecule has 1 rings (SSSR count). The Balaban J connectivity index is 2.77. The van der Waals surface area contributed by atoms with Crippen molar-refractivity contribution in [3.63, 3.8) is 0 Å². The minimum Gasteiger partial charge on any atom is -0.384 e. The fraction of sp³-hybridized carbons (Fsp3) is 0.471. The predicted octanol–water partition coefficient (Wildman–Crippen LogP) is 2.87. The van der Waals surface area contributed by atoms with Gasteiger partial charge in [0.05, 0.1) is 5.56 Å². The molecule has 0 saturated carbocycles. The van der Waals surface area contributed by atoms with Crippen LogP contribution >= 0.6 is 0 Å². The number of benzene rings is 1. The summed E-state index contributed by atoms with van der Waals surface area (Å²) >= 11 is 0. The smallest absolute Gasteiger partial charge is 0.252 e. The lowest BCUT2D eigenvalue weighted by Gasteiger charge is -2.14. The number of halogens is 1. The maximum atomic E-state index is 13.2. The number of unbranched alkanes of at least 4 members (excludes halogenated alkanes) is 2. The van der Waals surface area contributed by atoms with Gasteiger partial charge in [-0.25, -0.2) is 4.39 Å². The highest BCUT2D eigenvalue weighted by Crippen LogP contribution is 2.11. The average Bonchev–Trinajstić information content (AvgIpc) is 2.45. The fourth-order valence-corrected chi connectivity index (χ4v) is 2.03. The van der Waals surface area contributed by atoms with E-state index in [-0.39, 0.29) is 18.6 Å². The first-order chi connectivity index (χ1) is 10.1. The summed E-state index contributed by atoms with van der Waals surface area (Å²) in [6, 6.07) is 3.93. The first kappa shape index (κ1) is 17.2. The molecule has 0 fully saturated rings. The van der Waals surface area contributed by atoms with E-state index in [0.29, 0.717) is 11.1 Å². The van der Waals surface area contributed by atoms with E-state index < -0.39 is 5.82 Å². The summed E-state index contributed by atoms with van der Waals surface area (Å²) < 4.78 is 13.2. The van der Waals surface area contributed by atoms with Crippen molar-refractivity contribution in [3.05, 3.63) is 35.1 Å². The lowest BCUT2D eigenvalue weighted by molar-refractivity contribution is 0.0937. The Morgan fingerprint density at radius 2 is 2.19 bits per heavy atom. The second kappa shape index (κ2) is 9.15. The van der Waals surface area contributed by atoms with Crippen molar-refractivity contribution < 1.29 is 14.3 Å². The maximum Gasteiger partial charge on any atom is 0.252 e. The van der Waals surface area contributed by atoms with Gasteiger partial charge in [0.2, 0.25) is 0 Å². The molecule has 0 heterocycles. The summed E-state index contributed by atoms with van der Waals surface area (Å²) in [5.74, 6) is 4.33. The summed E-state index contributed by atoms with van der Waals surface area (Å²) in [6.45, 7) is 3.76. The molecule has 1 aromatic carbocycles. The van der Waals surface area contributed by atoms with Gasteiger partial charge < -0.3 is 10.4 Å². The molecule has 0 aromatic heterocycles. The number of amides is 1. The van der Waals surface area contributed by atoms with Crippen LogP contribution in [0, 0.1) is 17.7 Å². The maximum absolute atomic E-state index is 13.2. The van der Waals surface area contributed by atoms with Crippen LogP contribution in [0.4, 0.5) is 4.39 Å². The van der Waals surface area contributed by atoms with Gasteiger partial charge in [-0.1, -0.05) is 38.0 Å². The molecule has 2 N–H and O–H groups in total. The highest BCUT2D eigenvalue weighted by Gasteiger charge is 2.13. The number of carbonyl (C=O) groups excluding carboxylic acids is 1. The largest absolute Gasteiger partial charge is 0.384 e. The standard InChI is InChI=1S/C17H22FNO2/c1-3-4-5-7-13(2)19-17(21)16-10-9-15(18)12-14(16)8-6-11-20/h9-10,12-13,20H,3-5,7,11H2,1-2H3,(H,19,21). The molecule has 4 heteroatoms. The SMILES string of the molecule is CCCCCC(C)NC(=O)c1ccc(F)cc1C#CCO. The Bertz CT molecular complexity index is 531. The first-order valence-corrected chi connectivity index (χ1v) is 7.28. The van der Waals surface area contributed by atoms with Gasteiger partial charge in [-0.15, -0.1) is 0 Å². The Labute approximate surface area is 125 Å². The Morgan fingerprint density at radius 3 is 2.86 bits per heavy atom. The third kappa shape index (κ3) is 5.97. The van der Waals surface area contributed by atoms with E-state index in [1.54, 1.807) is 0 Å². The molecule has 1 aromatic rings. The van der Waals surface area contributed by atoms with Crippen molar-refractivity contribution in [3.8, 4) is 11.8 Å². The van der Waals surface area contributed by atoms with Crippen LogP contribution in [0.3, 0.4) is 0 Å². The molecule has 0 bridgehead atoms. The first-order valence-electron chi connectivity index (χ1n) is 7.28. The normalized spacial score (nSPS) is 11.4. The van der Waals surface area contributed by atoms with Crippen LogP contribution in [-0.4, -0.2) is 23.7 Å². The zero-order chi connectivity index (χ0) is 15.7. The minimum atomic E-state index is -0.454. The number of hydrogen-bond donors (Lipinski definition) is 2. The van der Waals surface area contributed by atoms with Gasteiger partial charge in [0.15, 0.2) is 0 Å². The third-order valence-corrected chi connectivity index (χ3v) is 3.15. The average molecular weight is 291 g/mol. The zero-order valence-corrected chi connectivity index (χ0v) is 12.6. The number of aliphatic hydroxyl groups excluding tert-OH is 1. The van der Waals surface area contributed by atoms with Crippen molar-refractivity contribution in [2.24, 2.45) is 0 Å². The third-order valence-electron chi connectivity index (χ3n) is 3.15. The Kier molecular flexibility index (Phi) is 7.49. The van der Waals surface area contributed by atoms with Crippen LogP contribution in [-0.2, 0) is 0 Å². The van der Waals surface area contributed by atoms with Crippen LogP contribution in [0.1, 0.15) is 55.5 Å². The second-order valence-electron chi connectivity index (χ2n) is 5.02. The molecular weight excluding hydrogens is 269 g/mol. The fourth-order valence-electron chi connectivity index (χ4n) is 2.03. The molecule has 1 atom stereocenters. The molecule has 0 aliphatic rings. The lowest BCUT2D eigenvalue weighted by Crippen LogP contribution is -2.33. The number of carbonyl (C=O) groups is 1. The van der Waals surface area contributed by atoms with Gasteiger partial charge in [-0.05, 0) is 31.5 Å². The Hall–Kier alpha value is -1.86. The van der Waals surface area contributed by atoms with Crippen LogP contribution in [0.25, 0.3) is 0 Å². The Morgan fingerprint density at radius 1 is 1.43 bits per heavy atom. The molecule has 114 valence electrons. The van der Waals surface area contributed by atoms with Crippen LogP contribution < -0.4 is 5.32 Å². The predicted molar refractivity (Wildman–Crippen MR) is 81.4 cm³/mol. The number of hydrogen-bond acceptors (Lipinski definition) is 2. The molecule has 0 aliphatic carbocycles. The summed E-state index contributed by atoms with van der Waals surface area (Å²) in [4.78, 5) is 12.2. The van der Waals surface area contributed by atoms with Crippen molar-refractivity contribution >= 4 is 5.91 Å². The zero-order valence-electron chi connectivity index (χ0n) is 12.6. The van der Waals surface area contributed by atoms with E-state index in [2.05, 4.69) is 24.1 Å². The molecule has 21 heavy (non-hydrogen) atoms. The highest BCUT2D eigenvalue weighted by molar-refractivity contribution is 5.96. The van der Waals surface area contributed by atoms with Gasteiger partial charge >= 0.3 is 0 Å². The summed E-state index contributed by atoms with van der Waals surface area (Å²) in [6.07, 6.45) is 4.26. The van der Waals surface area contributed by atoms with Gasteiger partial charge in [0, 0.05) is 11.6 Å². The van der Waals surface area contributed by atoms with Gasteiger partial charge in [0.1, 0.15) is 12.4 Å². The quantitative estimate of drug-likeness (QED) is 0.625. The van der Waals surface area contributed by atoms with E-state index in [1.165, 1.54) is 18.2 Å². The molecule has 3 nitrogen and oxygen atoms in total. The summed E-state index contributed by atoms with van der Waals surface area (Å²) in [5.41, 5.74) is 0.627. The van der Waals surface area contributed by atoms with Crippen LogP contribution in [0.15, 0.2) is 18.2 Å².